The molecule has 0 amide bonds. The maximum atomic E-state index is 2.42. The van der Waals surface area contributed by atoms with Gasteiger partial charge in [0.2, 0.25) is 0 Å². The second kappa shape index (κ2) is 4.79. The van der Waals surface area contributed by atoms with E-state index in [9.17, 15) is 0 Å². The van der Waals surface area contributed by atoms with Gasteiger partial charge in [-0.3, -0.25) is 0 Å². The minimum absolute atomic E-state index is 1.00. The van der Waals surface area contributed by atoms with Crippen LogP contribution in [-0.2, 0) is 0 Å². The first-order chi connectivity index (χ1) is 5.33. The third-order valence-electron chi connectivity index (χ3n) is 3.12. The van der Waals surface area contributed by atoms with Crippen LogP contribution in [-0.4, -0.2) is 0 Å². The minimum atomic E-state index is 1.00. The Morgan fingerprint density at radius 1 is 1.09 bits per heavy atom. The molecule has 1 rings (SSSR count). The van der Waals surface area contributed by atoms with E-state index < -0.39 is 0 Å². The van der Waals surface area contributed by atoms with Crippen molar-refractivity contribution >= 4 is 0 Å². The SMILES string of the molecule is CCC1CCCCCC(C)C1. The van der Waals surface area contributed by atoms with Gasteiger partial charge in [-0.2, -0.15) is 0 Å². The van der Waals surface area contributed by atoms with E-state index in [4.69, 9.17) is 0 Å². The standard InChI is InChI=1S/C11H22/c1-3-11-8-6-4-5-7-10(2)9-11/h10-11H,3-9H2,1-2H3. The molecular formula is C11H22. The maximum Gasteiger partial charge on any atom is -0.0414 e. The summed E-state index contributed by atoms with van der Waals surface area (Å²) in [6.07, 6.45) is 10.3. The fraction of sp³-hybridized carbons (Fsp3) is 1.00. The van der Waals surface area contributed by atoms with Crippen molar-refractivity contribution in [1.29, 1.82) is 0 Å². The van der Waals surface area contributed by atoms with Crippen LogP contribution in [0.5, 0.6) is 0 Å². The van der Waals surface area contributed by atoms with Crippen LogP contribution in [0, 0.1) is 11.8 Å². The number of hydrogen-bond acceptors (Lipinski definition) is 0. The second-order valence-electron chi connectivity index (χ2n) is 4.25. The summed E-state index contributed by atoms with van der Waals surface area (Å²) in [4.78, 5) is 0. The van der Waals surface area contributed by atoms with E-state index in [1.54, 1.807) is 0 Å². The van der Waals surface area contributed by atoms with Gasteiger partial charge in [-0.05, 0) is 18.3 Å². The van der Waals surface area contributed by atoms with Crippen LogP contribution in [0.3, 0.4) is 0 Å². The first-order valence-corrected chi connectivity index (χ1v) is 5.33. The molecule has 1 saturated carbocycles. The Hall–Kier alpha value is 0. The Kier molecular flexibility index (Phi) is 3.96. The molecule has 11 heavy (non-hydrogen) atoms. The van der Waals surface area contributed by atoms with Crippen LogP contribution >= 0.6 is 0 Å². The fourth-order valence-electron chi connectivity index (χ4n) is 2.28. The van der Waals surface area contributed by atoms with E-state index in [1.807, 2.05) is 0 Å². The van der Waals surface area contributed by atoms with Crippen molar-refractivity contribution in [2.75, 3.05) is 0 Å². The minimum Gasteiger partial charge on any atom is -0.0651 e. The molecule has 66 valence electrons. The molecule has 2 unspecified atom stereocenters. The molecule has 1 aliphatic rings. The molecule has 0 aliphatic heterocycles. The Bertz CT molecular complexity index is 96.2. The highest BCUT2D eigenvalue weighted by atomic mass is 14.2. The van der Waals surface area contributed by atoms with Gasteiger partial charge >= 0.3 is 0 Å². The fourth-order valence-corrected chi connectivity index (χ4v) is 2.28. The van der Waals surface area contributed by atoms with Crippen LogP contribution in [0.25, 0.3) is 0 Å². The van der Waals surface area contributed by atoms with E-state index >= 15 is 0 Å². The topological polar surface area (TPSA) is 0 Å². The third-order valence-corrected chi connectivity index (χ3v) is 3.12. The van der Waals surface area contributed by atoms with Crippen LogP contribution < -0.4 is 0 Å². The summed E-state index contributed by atoms with van der Waals surface area (Å²) in [5, 5.41) is 0. The summed E-state index contributed by atoms with van der Waals surface area (Å²) in [5.74, 6) is 2.05. The van der Waals surface area contributed by atoms with Crippen LogP contribution in [0.1, 0.15) is 58.8 Å². The van der Waals surface area contributed by atoms with Gasteiger partial charge in [0.25, 0.3) is 0 Å². The van der Waals surface area contributed by atoms with Crippen molar-refractivity contribution in [3.8, 4) is 0 Å². The Balaban J connectivity index is 2.29. The molecule has 0 radical (unpaired) electrons. The first-order valence-electron chi connectivity index (χ1n) is 5.33. The molecule has 0 bridgehead atoms. The third kappa shape index (κ3) is 3.27. The Labute approximate surface area is 71.4 Å². The van der Waals surface area contributed by atoms with Crippen LogP contribution in [0.2, 0.25) is 0 Å². The highest BCUT2D eigenvalue weighted by molar-refractivity contribution is 4.66. The lowest BCUT2D eigenvalue weighted by Gasteiger charge is -2.22. The summed E-state index contributed by atoms with van der Waals surface area (Å²) >= 11 is 0. The molecule has 0 saturated heterocycles. The van der Waals surface area contributed by atoms with Crippen molar-refractivity contribution in [2.24, 2.45) is 11.8 Å². The van der Waals surface area contributed by atoms with Gasteiger partial charge in [0.15, 0.2) is 0 Å². The molecule has 2 atom stereocenters. The average Bonchev–Trinajstić information content (AvgIpc) is 1.96. The van der Waals surface area contributed by atoms with E-state index in [0.717, 1.165) is 11.8 Å². The van der Waals surface area contributed by atoms with Gasteiger partial charge in [-0.25, -0.2) is 0 Å². The average molecular weight is 154 g/mol. The summed E-state index contributed by atoms with van der Waals surface area (Å²) in [6.45, 7) is 4.77. The van der Waals surface area contributed by atoms with Gasteiger partial charge in [-0.15, -0.1) is 0 Å². The predicted octanol–water partition coefficient (Wildman–Crippen LogP) is 4.00. The van der Waals surface area contributed by atoms with Gasteiger partial charge in [0.05, 0.1) is 0 Å². The highest BCUT2D eigenvalue weighted by Crippen LogP contribution is 2.27. The van der Waals surface area contributed by atoms with Crippen molar-refractivity contribution in [3.63, 3.8) is 0 Å². The Morgan fingerprint density at radius 2 is 1.82 bits per heavy atom. The molecule has 1 aliphatic carbocycles. The number of hydrogen-bond donors (Lipinski definition) is 0. The van der Waals surface area contributed by atoms with Gasteiger partial charge < -0.3 is 0 Å². The lowest BCUT2D eigenvalue weighted by molar-refractivity contribution is 0.305. The molecule has 0 N–H and O–H groups in total. The molecular weight excluding hydrogens is 132 g/mol. The quantitative estimate of drug-likeness (QED) is 0.535. The summed E-state index contributed by atoms with van der Waals surface area (Å²) in [6, 6.07) is 0. The van der Waals surface area contributed by atoms with E-state index in [2.05, 4.69) is 13.8 Å². The largest absolute Gasteiger partial charge is 0.0651 e. The first kappa shape index (κ1) is 9.09. The van der Waals surface area contributed by atoms with Crippen LogP contribution in [0.15, 0.2) is 0 Å². The molecule has 0 spiro atoms. The van der Waals surface area contributed by atoms with E-state index in [0.29, 0.717) is 0 Å². The second-order valence-corrected chi connectivity index (χ2v) is 4.25. The zero-order chi connectivity index (χ0) is 8.10. The predicted molar refractivity (Wildman–Crippen MR) is 50.6 cm³/mol. The zero-order valence-corrected chi connectivity index (χ0v) is 8.10. The monoisotopic (exact) mass is 154 g/mol. The van der Waals surface area contributed by atoms with Gasteiger partial charge in [0.1, 0.15) is 0 Å². The lowest BCUT2D eigenvalue weighted by atomic mass is 9.84. The summed E-state index contributed by atoms with van der Waals surface area (Å²) in [5.41, 5.74) is 0. The van der Waals surface area contributed by atoms with Crippen molar-refractivity contribution in [1.82, 2.24) is 0 Å². The number of rotatable bonds is 1. The molecule has 0 nitrogen and oxygen atoms in total. The molecule has 0 aromatic rings. The smallest absolute Gasteiger partial charge is 0.0414 e. The van der Waals surface area contributed by atoms with E-state index in [-0.39, 0.29) is 0 Å². The van der Waals surface area contributed by atoms with Crippen LogP contribution in [0.4, 0.5) is 0 Å². The maximum absolute atomic E-state index is 2.42. The molecule has 1 fully saturated rings. The zero-order valence-electron chi connectivity index (χ0n) is 8.10. The van der Waals surface area contributed by atoms with Gasteiger partial charge in [-0.1, -0.05) is 52.4 Å². The van der Waals surface area contributed by atoms with Crippen molar-refractivity contribution in [3.05, 3.63) is 0 Å². The lowest BCUT2D eigenvalue weighted by Crippen LogP contribution is -2.08. The van der Waals surface area contributed by atoms with E-state index in [1.165, 1.54) is 44.9 Å². The molecule has 0 aromatic heterocycles. The molecule has 0 heteroatoms. The molecule has 0 aromatic carbocycles. The van der Waals surface area contributed by atoms with Crippen molar-refractivity contribution < 1.29 is 0 Å². The van der Waals surface area contributed by atoms with Crippen molar-refractivity contribution in [2.45, 2.75) is 58.8 Å². The summed E-state index contributed by atoms with van der Waals surface area (Å²) in [7, 11) is 0. The normalized spacial score (nSPS) is 34.4. The highest BCUT2D eigenvalue weighted by Gasteiger charge is 2.13. The summed E-state index contributed by atoms with van der Waals surface area (Å²) < 4.78 is 0. The van der Waals surface area contributed by atoms with Gasteiger partial charge in [0, 0.05) is 0 Å². The Morgan fingerprint density at radius 3 is 2.55 bits per heavy atom. The molecule has 0 heterocycles.